The fourth-order valence-electron chi connectivity index (χ4n) is 1.90. The summed E-state index contributed by atoms with van der Waals surface area (Å²) in [5.74, 6) is 0.922. The van der Waals surface area contributed by atoms with Crippen LogP contribution in [0, 0.1) is 6.92 Å². The molecule has 0 fully saturated rings. The average molecular weight is 222 g/mol. The summed E-state index contributed by atoms with van der Waals surface area (Å²) in [5, 5.41) is 3.29. The molecule has 2 atom stereocenters. The highest BCUT2D eigenvalue weighted by Gasteiger charge is 2.15. The van der Waals surface area contributed by atoms with Crippen LogP contribution in [-0.2, 0) is 0 Å². The predicted octanol–water partition coefficient (Wildman–Crippen LogP) is 2.00. The molecule has 3 heteroatoms. The van der Waals surface area contributed by atoms with Gasteiger partial charge in [-0.25, -0.2) is 0 Å². The Labute approximate surface area is 98.0 Å². The lowest BCUT2D eigenvalue weighted by atomic mass is 9.98. The fourth-order valence-corrected chi connectivity index (χ4v) is 1.90. The van der Waals surface area contributed by atoms with Gasteiger partial charge in [-0.05, 0) is 33.4 Å². The maximum absolute atomic E-state index is 5.85. The van der Waals surface area contributed by atoms with Gasteiger partial charge in [0.2, 0.25) is 0 Å². The maximum Gasteiger partial charge on any atom is 0.123 e. The van der Waals surface area contributed by atoms with Crippen LogP contribution in [0.4, 0.5) is 0 Å². The fraction of sp³-hybridized carbons (Fsp3) is 0.538. The third-order valence-corrected chi connectivity index (χ3v) is 2.72. The van der Waals surface area contributed by atoms with Gasteiger partial charge in [-0.15, -0.1) is 0 Å². The van der Waals surface area contributed by atoms with Crippen molar-refractivity contribution in [1.29, 1.82) is 0 Å². The van der Waals surface area contributed by atoms with Crippen LogP contribution in [0.5, 0.6) is 5.75 Å². The first kappa shape index (κ1) is 13.0. The molecule has 2 unspecified atom stereocenters. The molecule has 0 aromatic heterocycles. The van der Waals surface area contributed by atoms with Crippen molar-refractivity contribution in [3.63, 3.8) is 0 Å². The Morgan fingerprint density at radius 2 is 2.12 bits per heavy atom. The van der Waals surface area contributed by atoms with Gasteiger partial charge in [0, 0.05) is 17.6 Å². The van der Waals surface area contributed by atoms with E-state index in [-0.39, 0.29) is 12.1 Å². The van der Waals surface area contributed by atoms with Crippen molar-refractivity contribution in [1.82, 2.24) is 5.32 Å². The lowest BCUT2D eigenvalue weighted by molar-refractivity contribution is 0.395. The van der Waals surface area contributed by atoms with Crippen molar-refractivity contribution >= 4 is 0 Å². The molecular weight excluding hydrogens is 200 g/mol. The van der Waals surface area contributed by atoms with Crippen molar-refractivity contribution in [3.8, 4) is 5.75 Å². The number of hydrogen-bond donors (Lipinski definition) is 2. The molecule has 0 saturated carbocycles. The first-order valence-corrected chi connectivity index (χ1v) is 5.65. The summed E-state index contributed by atoms with van der Waals surface area (Å²) < 4.78 is 5.38. The minimum atomic E-state index is 0.169. The monoisotopic (exact) mass is 222 g/mol. The quantitative estimate of drug-likeness (QED) is 0.801. The molecule has 0 spiro atoms. The number of nitrogens with two attached hydrogens (primary N) is 1. The van der Waals surface area contributed by atoms with Gasteiger partial charge in [-0.1, -0.05) is 17.7 Å². The molecule has 3 nitrogen and oxygen atoms in total. The van der Waals surface area contributed by atoms with Crippen molar-refractivity contribution in [2.24, 2.45) is 5.73 Å². The maximum atomic E-state index is 5.85. The summed E-state index contributed by atoms with van der Waals surface area (Å²) in [5.41, 5.74) is 8.27. The van der Waals surface area contributed by atoms with E-state index < -0.39 is 0 Å². The molecule has 0 amide bonds. The molecule has 1 aromatic rings. The summed E-state index contributed by atoms with van der Waals surface area (Å²) in [6.07, 6.45) is 0.899. The Hall–Kier alpha value is -1.06. The van der Waals surface area contributed by atoms with Gasteiger partial charge in [-0.2, -0.15) is 0 Å². The molecule has 0 heterocycles. The Morgan fingerprint density at radius 3 is 2.62 bits per heavy atom. The van der Waals surface area contributed by atoms with E-state index in [0.29, 0.717) is 0 Å². The number of methoxy groups -OCH3 is 1. The van der Waals surface area contributed by atoms with Crippen molar-refractivity contribution in [3.05, 3.63) is 29.3 Å². The Bertz CT molecular complexity index is 337. The van der Waals surface area contributed by atoms with Gasteiger partial charge >= 0.3 is 0 Å². The molecule has 0 saturated heterocycles. The van der Waals surface area contributed by atoms with E-state index in [1.54, 1.807) is 7.11 Å². The van der Waals surface area contributed by atoms with Gasteiger partial charge in [0.05, 0.1) is 7.11 Å². The standard InChI is InChI=1S/C13H22N2O/c1-9-5-6-13(16-4)11(7-9)12(15-3)8-10(2)14/h5-7,10,12,15H,8,14H2,1-4H3. The lowest BCUT2D eigenvalue weighted by Crippen LogP contribution is -2.26. The van der Waals surface area contributed by atoms with Crippen molar-refractivity contribution < 1.29 is 4.74 Å². The van der Waals surface area contributed by atoms with Crippen LogP contribution in [-0.4, -0.2) is 20.2 Å². The second-order valence-corrected chi connectivity index (χ2v) is 4.30. The highest BCUT2D eigenvalue weighted by molar-refractivity contribution is 5.39. The molecular formula is C13H22N2O. The van der Waals surface area contributed by atoms with E-state index in [9.17, 15) is 0 Å². The van der Waals surface area contributed by atoms with Gasteiger partial charge in [-0.3, -0.25) is 0 Å². The number of ether oxygens (including phenoxy) is 1. The largest absolute Gasteiger partial charge is 0.496 e. The van der Waals surface area contributed by atoms with Crippen LogP contribution in [0.2, 0.25) is 0 Å². The highest BCUT2D eigenvalue weighted by atomic mass is 16.5. The Morgan fingerprint density at radius 1 is 1.44 bits per heavy atom. The summed E-state index contributed by atoms with van der Waals surface area (Å²) in [6, 6.07) is 6.64. The molecule has 0 aliphatic carbocycles. The third kappa shape index (κ3) is 3.22. The minimum Gasteiger partial charge on any atom is -0.496 e. The summed E-state index contributed by atoms with van der Waals surface area (Å²) in [4.78, 5) is 0. The van der Waals surface area contributed by atoms with Crippen molar-refractivity contribution in [2.75, 3.05) is 14.2 Å². The SMILES string of the molecule is CNC(CC(C)N)c1cc(C)ccc1OC. The highest BCUT2D eigenvalue weighted by Crippen LogP contribution is 2.28. The summed E-state index contributed by atoms with van der Waals surface area (Å²) >= 11 is 0. The van der Waals surface area contributed by atoms with E-state index in [4.69, 9.17) is 10.5 Å². The number of hydrogen-bond acceptors (Lipinski definition) is 3. The molecule has 0 radical (unpaired) electrons. The second-order valence-electron chi connectivity index (χ2n) is 4.30. The number of nitrogens with one attached hydrogen (secondary N) is 1. The van der Waals surface area contributed by atoms with E-state index in [1.165, 1.54) is 11.1 Å². The predicted molar refractivity (Wildman–Crippen MR) is 67.8 cm³/mol. The number of benzene rings is 1. The topological polar surface area (TPSA) is 47.3 Å². The smallest absolute Gasteiger partial charge is 0.123 e. The number of aryl methyl sites for hydroxylation is 1. The third-order valence-electron chi connectivity index (χ3n) is 2.72. The second kappa shape index (κ2) is 5.87. The zero-order chi connectivity index (χ0) is 12.1. The molecule has 3 N–H and O–H groups in total. The minimum absolute atomic E-state index is 0.169. The molecule has 0 bridgehead atoms. The van der Waals surface area contributed by atoms with Crippen LogP contribution in [0.25, 0.3) is 0 Å². The van der Waals surface area contributed by atoms with Gasteiger partial charge in [0.1, 0.15) is 5.75 Å². The lowest BCUT2D eigenvalue weighted by Gasteiger charge is -2.21. The normalized spacial score (nSPS) is 14.6. The molecule has 0 aliphatic heterocycles. The van der Waals surface area contributed by atoms with Crippen LogP contribution < -0.4 is 15.8 Å². The summed E-state index contributed by atoms with van der Waals surface area (Å²) in [7, 11) is 3.65. The molecule has 0 aliphatic rings. The van der Waals surface area contributed by atoms with Gasteiger partial charge < -0.3 is 15.8 Å². The molecule has 90 valence electrons. The van der Waals surface area contributed by atoms with Crippen LogP contribution in [0.15, 0.2) is 18.2 Å². The average Bonchev–Trinajstić information content (AvgIpc) is 2.25. The van der Waals surface area contributed by atoms with Crippen molar-refractivity contribution in [2.45, 2.75) is 32.4 Å². The molecule has 1 rings (SSSR count). The van der Waals surface area contributed by atoms with E-state index in [0.717, 1.165) is 12.2 Å². The first-order chi connectivity index (χ1) is 7.58. The molecule has 16 heavy (non-hydrogen) atoms. The van der Waals surface area contributed by atoms with Gasteiger partial charge in [0.15, 0.2) is 0 Å². The zero-order valence-corrected chi connectivity index (χ0v) is 10.6. The number of rotatable bonds is 5. The molecule has 1 aromatic carbocycles. The first-order valence-electron chi connectivity index (χ1n) is 5.65. The Balaban J connectivity index is 3.02. The zero-order valence-electron chi connectivity index (χ0n) is 10.6. The van der Waals surface area contributed by atoms with E-state index >= 15 is 0 Å². The van der Waals surface area contributed by atoms with Crippen LogP contribution in [0.3, 0.4) is 0 Å². The van der Waals surface area contributed by atoms with E-state index in [1.807, 2.05) is 20.0 Å². The summed E-state index contributed by atoms with van der Waals surface area (Å²) in [6.45, 7) is 4.11. The van der Waals surface area contributed by atoms with E-state index in [2.05, 4.69) is 24.4 Å². The van der Waals surface area contributed by atoms with Gasteiger partial charge in [0.25, 0.3) is 0 Å². The van der Waals surface area contributed by atoms with Crippen LogP contribution in [0.1, 0.15) is 30.5 Å². The Kier molecular flexibility index (Phi) is 4.77. The van der Waals surface area contributed by atoms with Crippen LogP contribution >= 0.6 is 0 Å².